The number of fused-ring (bicyclic) bond motifs is 1. The van der Waals surface area contributed by atoms with Crippen LogP contribution in [0.1, 0.15) is 25.3 Å². The highest BCUT2D eigenvalue weighted by Gasteiger charge is 2.32. The van der Waals surface area contributed by atoms with Gasteiger partial charge in [-0.1, -0.05) is 42.5 Å². The summed E-state index contributed by atoms with van der Waals surface area (Å²) in [4.78, 5) is 38.8. The Morgan fingerprint density at radius 1 is 1.19 bits per heavy atom. The average Bonchev–Trinajstić information content (AvgIpc) is 2.88. The molecule has 2 atom stereocenters. The number of rotatable bonds is 9. The molecule has 3 rings (SSSR count). The molecule has 1 aliphatic heterocycles. The van der Waals surface area contributed by atoms with E-state index in [-0.39, 0.29) is 37.3 Å². The third-order valence-electron chi connectivity index (χ3n) is 4.90. The summed E-state index contributed by atoms with van der Waals surface area (Å²) in [5.74, 6) is -1.73. The fourth-order valence-corrected chi connectivity index (χ4v) is 4.69. The molecule has 1 aliphatic rings. The van der Waals surface area contributed by atoms with Crippen molar-refractivity contribution in [3.63, 3.8) is 0 Å². The molecular weight excluding hydrogens is 452 g/mol. The van der Waals surface area contributed by atoms with Gasteiger partial charge in [0.15, 0.2) is 0 Å². The summed E-state index contributed by atoms with van der Waals surface area (Å²) in [7, 11) is 0. The minimum atomic E-state index is -1.08. The summed E-state index contributed by atoms with van der Waals surface area (Å²) in [6.07, 6.45) is 1.27. The van der Waals surface area contributed by atoms with Crippen LogP contribution >= 0.6 is 24.2 Å². The Bertz CT molecular complexity index is 928. The lowest BCUT2D eigenvalue weighted by atomic mass is 10.1. The highest BCUT2D eigenvalue weighted by molar-refractivity contribution is 8.00. The maximum atomic E-state index is 12.9. The number of benzene rings is 2. The molecular formula is C23H27ClN2O5S. The van der Waals surface area contributed by atoms with Gasteiger partial charge in [-0.05, 0) is 37.5 Å². The van der Waals surface area contributed by atoms with E-state index in [9.17, 15) is 19.5 Å². The molecule has 2 aromatic carbocycles. The van der Waals surface area contributed by atoms with Crippen LogP contribution in [0.15, 0.2) is 59.5 Å². The quantitative estimate of drug-likeness (QED) is 0.532. The van der Waals surface area contributed by atoms with Crippen LogP contribution in [0.5, 0.6) is 0 Å². The first-order chi connectivity index (χ1) is 15.0. The van der Waals surface area contributed by atoms with Gasteiger partial charge < -0.3 is 9.84 Å². The lowest BCUT2D eigenvalue weighted by Crippen LogP contribution is -2.45. The molecule has 0 fully saturated rings. The molecule has 0 saturated carbocycles. The summed E-state index contributed by atoms with van der Waals surface area (Å²) >= 11 is 1.42. The molecule has 1 amide bonds. The van der Waals surface area contributed by atoms with E-state index in [0.717, 1.165) is 10.5 Å². The van der Waals surface area contributed by atoms with Crippen LogP contribution in [0.25, 0.3) is 0 Å². The van der Waals surface area contributed by atoms with Crippen molar-refractivity contribution in [3.8, 4) is 0 Å². The topological polar surface area (TPSA) is 95.9 Å². The van der Waals surface area contributed by atoms with Crippen molar-refractivity contribution < 1.29 is 24.2 Å². The summed E-state index contributed by atoms with van der Waals surface area (Å²) in [6.45, 7) is 1.63. The monoisotopic (exact) mass is 478 g/mol. The first kappa shape index (κ1) is 25.7. The number of carboxylic acid groups (broad SMARTS) is 1. The standard InChI is InChI=1S/C23H26N2O5S.ClH/c1-2-30-23(29)17(13-12-16-8-4-3-5-9-16)24-20-14-21(26)25(15-22(27)28)18-10-6-7-11-19(18)31-20;/h3-11,17,20,24H,2,12-15H2,1H3,(H,27,28);1H/t17-,20?;/m0./s1. The number of hydrogen-bond donors (Lipinski definition) is 2. The van der Waals surface area contributed by atoms with Gasteiger partial charge in [-0.15, -0.1) is 24.2 Å². The molecule has 2 aromatic rings. The molecule has 0 bridgehead atoms. The third kappa shape index (κ3) is 6.98. The number of esters is 1. The number of thioether (sulfide) groups is 1. The Labute approximate surface area is 197 Å². The maximum Gasteiger partial charge on any atom is 0.323 e. The number of aryl methyl sites for hydroxylation is 1. The number of nitrogens with one attached hydrogen (secondary N) is 1. The first-order valence-corrected chi connectivity index (χ1v) is 11.1. The van der Waals surface area contributed by atoms with Crippen LogP contribution in [0, 0.1) is 0 Å². The van der Waals surface area contributed by atoms with Crippen LogP contribution in [0.3, 0.4) is 0 Å². The van der Waals surface area contributed by atoms with Gasteiger partial charge in [-0.3, -0.25) is 24.6 Å². The number of ether oxygens (including phenoxy) is 1. The van der Waals surface area contributed by atoms with Crippen molar-refractivity contribution in [1.29, 1.82) is 0 Å². The predicted octanol–water partition coefficient (Wildman–Crippen LogP) is 3.50. The van der Waals surface area contributed by atoms with Gasteiger partial charge in [0.2, 0.25) is 5.91 Å². The number of carbonyl (C=O) groups is 3. The number of nitrogens with zero attached hydrogens (tertiary/aromatic N) is 1. The van der Waals surface area contributed by atoms with E-state index >= 15 is 0 Å². The third-order valence-corrected chi connectivity index (χ3v) is 6.09. The number of carbonyl (C=O) groups excluding carboxylic acids is 2. The molecule has 172 valence electrons. The molecule has 0 aromatic heterocycles. The zero-order valence-electron chi connectivity index (χ0n) is 17.7. The van der Waals surface area contributed by atoms with Gasteiger partial charge in [0.25, 0.3) is 0 Å². The predicted molar refractivity (Wildman–Crippen MR) is 126 cm³/mol. The summed E-state index contributed by atoms with van der Waals surface area (Å²) in [5, 5.41) is 12.1. The Kier molecular flexibility index (Phi) is 10.0. The Balaban J connectivity index is 0.00000363. The number of amides is 1. The van der Waals surface area contributed by atoms with Crippen molar-refractivity contribution in [2.45, 2.75) is 42.5 Å². The minimum absolute atomic E-state index is 0. The van der Waals surface area contributed by atoms with Crippen molar-refractivity contribution in [2.75, 3.05) is 18.1 Å². The largest absolute Gasteiger partial charge is 0.480 e. The summed E-state index contributed by atoms with van der Waals surface area (Å²) in [5.41, 5.74) is 1.68. The second-order valence-electron chi connectivity index (χ2n) is 7.15. The van der Waals surface area contributed by atoms with E-state index in [0.29, 0.717) is 18.5 Å². The molecule has 7 nitrogen and oxygen atoms in total. The van der Waals surface area contributed by atoms with Gasteiger partial charge in [0.05, 0.1) is 24.1 Å². The summed E-state index contributed by atoms with van der Waals surface area (Å²) in [6, 6.07) is 16.5. The lowest BCUT2D eigenvalue weighted by Gasteiger charge is -2.23. The normalized spacial score (nSPS) is 16.3. The van der Waals surface area contributed by atoms with Gasteiger partial charge in [0.1, 0.15) is 12.6 Å². The Hall–Kier alpha value is -2.55. The molecule has 0 spiro atoms. The van der Waals surface area contributed by atoms with E-state index in [1.165, 1.54) is 16.7 Å². The van der Waals surface area contributed by atoms with E-state index in [2.05, 4.69) is 5.32 Å². The number of hydrogen-bond acceptors (Lipinski definition) is 6. The molecule has 0 saturated heterocycles. The highest BCUT2D eigenvalue weighted by atomic mass is 35.5. The molecule has 1 heterocycles. The van der Waals surface area contributed by atoms with Crippen LogP contribution in [-0.2, 0) is 25.5 Å². The Morgan fingerprint density at radius 3 is 2.56 bits per heavy atom. The smallest absolute Gasteiger partial charge is 0.323 e. The molecule has 2 N–H and O–H groups in total. The minimum Gasteiger partial charge on any atom is -0.480 e. The second-order valence-corrected chi connectivity index (χ2v) is 8.39. The lowest BCUT2D eigenvalue weighted by molar-refractivity contribution is -0.146. The van der Waals surface area contributed by atoms with E-state index in [4.69, 9.17) is 4.74 Å². The van der Waals surface area contributed by atoms with E-state index in [1.807, 2.05) is 42.5 Å². The van der Waals surface area contributed by atoms with Crippen LogP contribution in [0.2, 0.25) is 0 Å². The maximum absolute atomic E-state index is 12.9. The molecule has 9 heteroatoms. The fourth-order valence-electron chi connectivity index (χ4n) is 3.47. The van der Waals surface area contributed by atoms with Crippen molar-refractivity contribution in [1.82, 2.24) is 5.32 Å². The number of halogens is 1. The second kappa shape index (κ2) is 12.5. The summed E-state index contributed by atoms with van der Waals surface area (Å²) < 4.78 is 5.25. The highest BCUT2D eigenvalue weighted by Crippen LogP contribution is 2.37. The number of anilines is 1. The SMILES string of the molecule is CCOC(=O)[C@H](CCc1ccccc1)NC1CC(=O)N(CC(=O)O)c2ccccc2S1.Cl. The Morgan fingerprint density at radius 2 is 1.88 bits per heavy atom. The van der Waals surface area contributed by atoms with Gasteiger partial charge in [-0.2, -0.15) is 0 Å². The van der Waals surface area contributed by atoms with Crippen molar-refractivity contribution in [3.05, 3.63) is 60.2 Å². The van der Waals surface area contributed by atoms with Crippen molar-refractivity contribution >= 4 is 47.7 Å². The number of carboxylic acids is 1. The average molecular weight is 479 g/mol. The molecule has 32 heavy (non-hydrogen) atoms. The van der Waals surface area contributed by atoms with Crippen LogP contribution in [-0.4, -0.2) is 47.5 Å². The van der Waals surface area contributed by atoms with E-state index < -0.39 is 23.9 Å². The number of aliphatic carboxylic acids is 1. The molecule has 1 unspecified atom stereocenters. The van der Waals surface area contributed by atoms with Crippen molar-refractivity contribution in [2.24, 2.45) is 0 Å². The van der Waals surface area contributed by atoms with E-state index in [1.54, 1.807) is 19.1 Å². The zero-order chi connectivity index (χ0) is 22.2. The van der Waals surface area contributed by atoms with Crippen LogP contribution in [0.4, 0.5) is 5.69 Å². The van der Waals surface area contributed by atoms with Gasteiger partial charge in [-0.25, -0.2) is 0 Å². The zero-order valence-corrected chi connectivity index (χ0v) is 19.4. The fraction of sp³-hybridized carbons (Fsp3) is 0.348. The van der Waals surface area contributed by atoms with Gasteiger partial charge >= 0.3 is 11.9 Å². The molecule has 0 radical (unpaired) electrons. The number of para-hydroxylation sites is 1. The van der Waals surface area contributed by atoms with Gasteiger partial charge in [0, 0.05) is 4.90 Å². The van der Waals surface area contributed by atoms with Crippen LogP contribution < -0.4 is 10.2 Å². The molecule has 0 aliphatic carbocycles. The first-order valence-electron chi connectivity index (χ1n) is 10.2.